The topological polar surface area (TPSA) is 49.9 Å². The second-order valence-corrected chi connectivity index (χ2v) is 11.8. The van der Waals surface area contributed by atoms with Crippen LogP contribution >= 0.6 is 11.3 Å². The Morgan fingerprint density at radius 2 is 1.86 bits per heavy atom. The van der Waals surface area contributed by atoms with Crippen LogP contribution in [0.3, 0.4) is 0 Å². The summed E-state index contributed by atoms with van der Waals surface area (Å²) in [4.78, 5) is 31.7. The van der Waals surface area contributed by atoms with Gasteiger partial charge in [-0.25, -0.2) is 4.39 Å². The number of ether oxygens (including phenoxy) is 1. The zero-order valence-electron chi connectivity index (χ0n) is 22.2. The lowest BCUT2D eigenvalue weighted by Gasteiger charge is -2.40. The molecule has 4 rings (SSSR count). The van der Waals surface area contributed by atoms with Crippen molar-refractivity contribution in [1.82, 2.24) is 9.80 Å². The number of fused-ring (bicyclic) bond motifs is 1. The fraction of sp³-hybridized carbons (Fsp3) is 0.400. The predicted octanol–water partition coefficient (Wildman–Crippen LogP) is 6.46. The van der Waals surface area contributed by atoms with Gasteiger partial charge in [0.1, 0.15) is 24.7 Å². The summed E-state index contributed by atoms with van der Waals surface area (Å²) in [6, 6.07) is 15.5. The zero-order valence-corrected chi connectivity index (χ0v) is 23.0. The highest BCUT2D eigenvalue weighted by Crippen LogP contribution is 2.34. The van der Waals surface area contributed by atoms with E-state index < -0.39 is 11.4 Å². The molecule has 3 aromatic rings. The molecular weight excluding hydrogens is 487 g/mol. The van der Waals surface area contributed by atoms with Gasteiger partial charge in [0.25, 0.3) is 5.91 Å². The standard InChI is InChI=1S/C30H35FN2O3S/c1-20(2)21-9-11-24(12-10-21)36-19-26-25-14-16-37-27(25)13-15-32(26)28(34)18-33(30(3,4)5)29(35)22-7-6-8-23(31)17-22/h6-12,14,16-17,20,26H,13,15,18-19H2,1-5H3. The van der Waals surface area contributed by atoms with Gasteiger partial charge in [-0.05, 0) is 86.0 Å². The van der Waals surface area contributed by atoms with E-state index in [9.17, 15) is 14.0 Å². The van der Waals surface area contributed by atoms with Gasteiger partial charge in [0, 0.05) is 22.5 Å². The SMILES string of the molecule is CC(C)c1ccc(OCC2c3ccsc3CCN2C(=O)CN(C(=O)c2cccc(F)c2)C(C)(C)C)cc1. The lowest BCUT2D eigenvalue weighted by molar-refractivity contribution is -0.136. The molecule has 0 radical (unpaired) electrons. The van der Waals surface area contributed by atoms with Gasteiger partial charge >= 0.3 is 0 Å². The van der Waals surface area contributed by atoms with Gasteiger partial charge in [-0.15, -0.1) is 11.3 Å². The van der Waals surface area contributed by atoms with Gasteiger partial charge in [-0.2, -0.15) is 0 Å². The lowest BCUT2D eigenvalue weighted by Crippen LogP contribution is -2.53. The van der Waals surface area contributed by atoms with Crippen molar-refractivity contribution >= 4 is 23.2 Å². The summed E-state index contributed by atoms with van der Waals surface area (Å²) in [5.74, 6) is 0.198. The van der Waals surface area contributed by atoms with Gasteiger partial charge < -0.3 is 14.5 Å². The van der Waals surface area contributed by atoms with Gasteiger partial charge in [0.05, 0.1) is 6.04 Å². The third-order valence-corrected chi connectivity index (χ3v) is 7.79. The minimum Gasteiger partial charge on any atom is -0.491 e. The van der Waals surface area contributed by atoms with E-state index in [1.807, 2.05) is 37.8 Å². The summed E-state index contributed by atoms with van der Waals surface area (Å²) in [5, 5.41) is 2.05. The van der Waals surface area contributed by atoms with Crippen molar-refractivity contribution in [3.05, 3.63) is 87.4 Å². The maximum absolute atomic E-state index is 13.8. The van der Waals surface area contributed by atoms with Crippen molar-refractivity contribution in [2.24, 2.45) is 0 Å². The molecule has 196 valence electrons. The molecule has 0 spiro atoms. The molecule has 7 heteroatoms. The second-order valence-electron chi connectivity index (χ2n) is 10.8. The molecule has 0 fully saturated rings. The van der Waals surface area contributed by atoms with Crippen LogP contribution in [0.25, 0.3) is 0 Å². The Hall–Kier alpha value is -3.19. The molecule has 0 saturated heterocycles. The molecule has 2 amide bonds. The third kappa shape index (κ3) is 6.21. The fourth-order valence-corrected chi connectivity index (χ4v) is 5.54. The molecule has 0 saturated carbocycles. The molecule has 0 aliphatic carbocycles. The average Bonchev–Trinajstić information content (AvgIpc) is 3.34. The van der Waals surface area contributed by atoms with E-state index >= 15 is 0 Å². The smallest absolute Gasteiger partial charge is 0.254 e. The first kappa shape index (κ1) is 26.9. The summed E-state index contributed by atoms with van der Waals surface area (Å²) >= 11 is 1.70. The highest BCUT2D eigenvalue weighted by molar-refractivity contribution is 7.10. The number of nitrogens with zero attached hydrogens (tertiary/aromatic N) is 2. The van der Waals surface area contributed by atoms with Crippen LogP contribution in [0.5, 0.6) is 5.75 Å². The van der Waals surface area contributed by atoms with E-state index in [-0.39, 0.29) is 30.0 Å². The molecule has 1 aliphatic rings. The number of rotatable bonds is 7. The highest BCUT2D eigenvalue weighted by Gasteiger charge is 2.36. The van der Waals surface area contributed by atoms with Crippen molar-refractivity contribution in [2.45, 2.75) is 58.5 Å². The van der Waals surface area contributed by atoms with E-state index in [0.717, 1.165) is 17.7 Å². The van der Waals surface area contributed by atoms with Crippen LogP contribution in [-0.2, 0) is 11.2 Å². The molecule has 1 aromatic heterocycles. The van der Waals surface area contributed by atoms with Crippen LogP contribution in [-0.4, -0.2) is 46.8 Å². The Balaban J connectivity index is 1.54. The van der Waals surface area contributed by atoms with Crippen LogP contribution in [0, 0.1) is 5.82 Å². The van der Waals surface area contributed by atoms with Gasteiger partial charge in [0.2, 0.25) is 5.91 Å². The molecule has 1 aliphatic heterocycles. The summed E-state index contributed by atoms with van der Waals surface area (Å²) < 4.78 is 20.0. The third-order valence-electron chi connectivity index (χ3n) is 6.79. The summed E-state index contributed by atoms with van der Waals surface area (Å²) in [6.07, 6.45) is 0.770. The van der Waals surface area contributed by atoms with Crippen molar-refractivity contribution in [3.8, 4) is 5.75 Å². The molecule has 5 nitrogen and oxygen atoms in total. The minimum atomic E-state index is -0.632. The number of benzene rings is 2. The number of thiophene rings is 1. The first-order chi connectivity index (χ1) is 17.5. The van der Waals surface area contributed by atoms with E-state index in [1.165, 1.54) is 33.5 Å². The molecule has 2 aromatic carbocycles. The first-order valence-corrected chi connectivity index (χ1v) is 13.6. The summed E-state index contributed by atoms with van der Waals surface area (Å²) in [5.41, 5.74) is 1.94. The van der Waals surface area contributed by atoms with E-state index in [1.54, 1.807) is 17.4 Å². The molecule has 0 bridgehead atoms. The number of carbonyl (C=O) groups excluding carboxylic acids is 2. The van der Waals surface area contributed by atoms with E-state index in [2.05, 4.69) is 37.4 Å². The molecule has 37 heavy (non-hydrogen) atoms. The Morgan fingerprint density at radius 1 is 1.14 bits per heavy atom. The Morgan fingerprint density at radius 3 is 2.51 bits per heavy atom. The number of hydrogen-bond donors (Lipinski definition) is 0. The molecule has 0 N–H and O–H groups in total. The quantitative estimate of drug-likeness (QED) is 0.358. The monoisotopic (exact) mass is 522 g/mol. The van der Waals surface area contributed by atoms with Crippen molar-refractivity contribution in [1.29, 1.82) is 0 Å². The molecule has 2 heterocycles. The Kier molecular flexibility index (Phi) is 8.02. The van der Waals surface area contributed by atoms with E-state index in [4.69, 9.17) is 4.74 Å². The normalized spacial score (nSPS) is 15.4. The molecule has 1 unspecified atom stereocenters. The summed E-state index contributed by atoms with van der Waals surface area (Å²) in [7, 11) is 0. The van der Waals surface area contributed by atoms with Crippen molar-refractivity contribution in [2.75, 3.05) is 19.7 Å². The maximum atomic E-state index is 13.8. The van der Waals surface area contributed by atoms with Crippen molar-refractivity contribution < 1.29 is 18.7 Å². The largest absolute Gasteiger partial charge is 0.491 e. The lowest BCUT2D eigenvalue weighted by atomic mass is 9.99. The van der Waals surface area contributed by atoms with Crippen LogP contribution in [0.1, 0.15) is 72.9 Å². The van der Waals surface area contributed by atoms with Gasteiger partial charge in [-0.3, -0.25) is 9.59 Å². The second kappa shape index (κ2) is 11.1. The van der Waals surface area contributed by atoms with Gasteiger partial charge in [-0.1, -0.05) is 32.0 Å². The van der Waals surface area contributed by atoms with E-state index in [0.29, 0.717) is 19.1 Å². The Bertz CT molecular complexity index is 1250. The number of amides is 2. The fourth-order valence-electron chi connectivity index (χ4n) is 4.62. The summed E-state index contributed by atoms with van der Waals surface area (Å²) in [6.45, 7) is 10.7. The van der Waals surface area contributed by atoms with Crippen LogP contribution in [0.2, 0.25) is 0 Å². The minimum absolute atomic E-state index is 0.0993. The number of hydrogen-bond acceptors (Lipinski definition) is 4. The maximum Gasteiger partial charge on any atom is 0.254 e. The number of carbonyl (C=O) groups is 2. The van der Waals surface area contributed by atoms with Gasteiger partial charge in [0.15, 0.2) is 0 Å². The average molecular weight is 523 g/mol. The Labute approximate surface area is 222 Å². The first-order valence-electron chi connectivity index (χ1n) is 12.7. The van der Waals surface area contributed by atoms with Crippen LogP contribution < -0.4 is 4.74 Å². The van der Waals surface area contributed by atoms with Crippen LogP contribution in [0.15, 0.2) is 60.0 Å². The number of halogens is 1. The zero-order chi connectivity index (χ0) is 26.7. The highest BCUT2D eigenvalue weighted by atomic mass is 32.1. The van der Waals surface area contributed by atoms with Crippen molar-refractivity contribution in [3.63, 3.8) is 0 Å². The predicted molar refractivity (Wildman–Crippen MR) is 146 cm³/mol. The van der Waals surface area contributed by atoms with Crippen LogP contribution in [0.4, 0.5) is 4.39 Å². The molecular formula is C30H35FN2O3S. The molecule has 1 atom stereocenters.